The van der Waals surface area contributed by atoms with Gasteiger partial charge in [-0.1, -0.05) is 28.1 Å². The number of piperazine rings is 1. The van der Waals surface area contributed by atoms with Crippen molar-refractivity contribution in [1.82, 2.24) is 19.7 Å². The molecule has 4 rings (SSSR count). The zero-order valence-corrected chi connectivity index (χ0v) is 18.8. The van der Waals surface area contributed by atoms with E-state index in [-0.39, 0.29) is 11.7 Å². The molecule has 1 saturated heterocycles. The van der Waals surface area contributed by atoms with Gasteiger partial charge in [-0.2, -0.15) is 5.10 Å². The van der Waals surface area contributed by atoms with Crippen molar-refractivity contribution in [3.8, 4) is 11.4 Å². The summed E-state index contributed by atoms with van der Waals surface area (Å²) >= 11 is 3.44. The number of ether oxygens (including phenoxy) is 1. The van der Waals surface area contributed by atoms with Crippen molar-refractivity contribution in [2.75, 3.05) is 38.2 Å². The Morgan fingerprint density at radius 3 is 2.50 bits per heavy atom. The molecule has 0 radical (unpaired) electrons. The van der Waals surface area contributed by atoms with Gasteiger partial charge in [0.15, 0.2) is 0 Å². The highest BCUT2D eigenvalue weighted by Crippen LogP contribution is 2.28. The minimum absolute atomic E-state index is 0.208. The SMILES string of the molecule is COc1ccccc1N1CCN(C(C)Cc2n[nH]c(=O)n2-c2ccc(Br)cc2)CC1. The summed E-state index contributed by atoms with van der Waals surface area (Å²) in [7, 11) is 1.71. The zero-order valence-electron chi connectivity index (χ0n) is 17.2. The van der Waals surface area contributed by atoms with E-state index in [9.17, 15) is 4.79 Å². The summed E-state index contributed by atoms with van der Waals surface area (Å²) in [4.78, 5) is 17.2. The average molecular weight is 472 g/mol. The smallest absolute Gasteiger partial charge is 0.347 e. The molecule has 0 saturated carbocycles. The van der Waals surface area contributed by atoms with E-state index < -0.39 is 0 Å². The first-order chi connectivity index (χ1) is 14.6. The van der Waals surface area contributed by atoms with E-state index in [0.29, 0.717) is 6.42 Å². The van der Waals surface area contributed by atoms with Gasteiger partial charge < -0.3 is 9.64 Å². The van der Waals surface area contributed by atoms with E-state index in [4.69, 9.17) is 4.74 Å². The molecular weight excluding hydrogens is 446 g/mol. The maximum absolute atomic E-state index is 12.3. The Kier molecular flexibility index (Phi) is 6.24. The predicted molar refractivity (Wildman–Crippen MR) is 122 cm³/mol. The van der Waals surface area contributed by atoms with Crippen LogP contribution in [0.25, 0.3) is 5.69 Å². The maximum Gasteiger partial charge on any atom is 0.347 e. The molecule has 1 N–H and O–H groups in total. The number of anilines is 1. The second kappa shape index (κ2) is 9.06. The van der Waals surface area contributed by atoms with Crippen LogP contribution >= 0.6 is 15.9 Å². The lowest BCUT2D eigenvalue weighted by Crippen LogP contribution is -2.50. The van der Waals surface area contributed by atoms with Crippen molar-refractivity contribution in [3.05, 3.63) is 69.3 Å². The van der Waals surface area contributed by atoms with E-state index >= 15 is 0 Å². The molecule has 0 aliphatic carbocycles. The van der Waals surface area contributed by atoms with Crippen LogP contribution in [0.2, 0.25) is 0 Å². The van der Waals surface area contributed by atoms with E-state index in [1.807, 2.05) is 42.5 Å². The highest BCUT2D eigenvalue weighted by Gasteiger charge is 2.24. The number of methoxy groups -OCH3 is 1. The van der Waals surface area contributed by atoms with Crippen molar-refractivity contribution in [2.24, 2.45) is 0 Å². The summed E-state index contributed by atoms with van der Waals surface area (Å²) < 4.78 is 8.15. The summed E-state index contributed by atoms with van der Waals surface area (Å²) in [5.41, 5.74) is 1.75. The van der Waals surface area contributed by atoms with Crippen LogP contribution in [-0.2, 0) is 6.42 Å². The monoisotopic (exact) mass is 471 g/mol. The van der Waals surface area contributed by atoms with Crippen molar-refractivity contribution in [1.29, 1.82) is 0 Å². The lowest BCUT2D eigenvalue weighted by molar-refractivity contribution is 0.193. The second-order valence-electron chi connectivity index (χ2n) is 7.50. The van der Waals surface area contributed by atoms with Crippen LogP contribution in [0, 0.1) is 0 Å². The Bertz CT molecular complexity index is 1040. The van der Waals surface area contributed by atoms with Crippen LogP contribution in [0.15, 0.2) is 57.8 Å². The fraction of sp³-hybridized carbons (Fsp3) is 0.364. The third kappa shape index (κ3) is 4.29. The summed E-state index contributed by atoms with van der Waals surface area (Å²) in [5.74, 6) is 1.66. The maximum atomic E-state index is 12.3. The molecule has 1 aliphatic rings. The molecule has 1 fully saturated rings. The molecule has 2 heterocycles. The molecule has 7 nitrogen and oxygen atoms in total. The topological polar surface area (TPSA) is 66.4 Å². The molecule has 8 heteroatoms. The molecule has 30 heavy (non-hydrogen) atoms. The lowest BCUT2D eigenvalue weighted by Gasteiger charge is -2.39. The highest BCUT2D eigenvalue weighted by atomic mass is 79.9. The van der Waals surface area contributed by atoms with Gasteiger partial charge in [0.05, 0.1) is 18.5 Å². The number of aromatic nitrogens is 3. The zero-order chi connectivity index (χ0) is 21.1. The molecule has 0 bridgehead atoms. The van der Waals surface area contributed by atoms with Crippen LogP contribution in [0.5, 0.6) is 5.75 Å². The van der Waals surface area contributed by atoms with Gasteiger partial charge >= 0.3 is 5.69 Å². The van der Waals surface area contributed by atoms with Gasteiger partial charge in [-0.25, -0.2) is 14.5 Å². The fourth-order valence-corrected chi connectivity index (χ4v) is 4.28. The molecule has 158 valence electrons. The van der Waals surface area contributed by atoms with Crippen LogP contribution < -0.4 is 15.3 Å². The number of para-hydroxylation sites is 2. The van der Waals surface area contributed by atoms with Gasteiger partial charge in [-0.3, -0.25) is 4.90 Å². The Morgan fingerprint density at radius 2 is 1.80 bits per heavy atom. The first kappa shape index (κ1) is 20.7. The number of nitrogens with zero attached hydrogens (tertiary/aromatic N) is 4. The van der Waals surface area contributed by atoms with E-state index in [1.54, 1.807) is 11.7 Å². The molecule has 3 aromatic rings. The number of rotatable bonds is 6. The minimum atomic E-state index is -0.208. The molecule has 1 unspecified atom stereocenters. The van der Waals surface area contributed by atoms with Crippen molar-refractivity contribution < 1.29 is 4.74 Å². The molecule has 0 spiro atoms. The summed E-state index contributed by atoms with van der Waals surface area (Å²) in [6, 6.07) is 16.1. The Balaban J connectivity index is 1.43. The minimum Gasteiger partial charge on any atom is -0.495 e. The molecular formula is C22H26BrN5O2. The Labute approximate surface area is 184 Å². The summed E-state index contributed by atoms with van der Waals surface area (Å²) in [6.45, 7) is 5.97. The highest BCUT2D eigenvalue weighted by molar-refractivity contribution is 9.10. The van der Waals surface area contributed by atoms with E-state index in [1.165, 1.54) is 0 Å². The van der Waals surface area contributed by atoms with Crippen LogP contribution in [-0.4, -0.2) is 59.0 Å². The molecule has 1 atom stereocenters. The van der Waals surface area contributed by atoms with Crippen LogP contribution in [0.3, 0.4) is 0 Å². The average Bonchev–Trinajstić information content (AvgIpc) is 3.14. The van der Waals surface area contributed by atoms with Gasteiger partial charge in [0.1, 0.15) is 11.6 Å². The second-order valence-corrected chi connectivity index (χ2v) is 8.42. The molecule has 2 aromatic carbocycles. The third-order valence-electron chi connectivity index (χ3n) is 5.67. The molecule has 0 amide bonds. The largest absolute Gasteiger partial charge is 0.495 e. The van der Waals surface area contributed by atoms with Gasteiger partial charge in [-0.05, 0) is 43.3 Å². The fourth-order valence-electron chi connectivity index (χ4n) is 4.01. The Hall–Kier alpha value is -2.58. The predicted octanol–water partition coefficient (Wildman–Crippen LogP) is 3.08. The summed E-state index contributed by atoms with van der Waals surface area (Å²) in [5, 5.41) is 6.90. The van der Waals surface area contributed by atoms with Gasteiger partial charge in [0, 0.05) is 43.1 Å². The third-order valence-corrected chi connectivity index (χ3v) is 6.20. The van der Waals surface area contributed by atoms with Crippen LogP contribution in [0.4, 0.5) is 5.69 Å². The molecule has 1 aliphatic heterocycles. The van der Waals surface area contributed by atoms with E-state index in [0.717, 1.165) is 53.6 Å². The van der Waals surface area contributed by atoms with Crippen LogP contribution in [0.1, 0.15) is 12.7 Å². The quantitative estimate of drug-likeness (QED) is 0.598. The van der Waals surface area contributed by atoms with E-state index in [2.05, 4.69) is 48.9 Å². The number of hydrogen-bond donors (Lipinski definition) is 1. The number of H-pyrrole nitrogens is 1. The van der Waals surface area contributed by atoms with Crippen molar-refractivity contribution in [3.63, 3.8) is 0 Å². The normalized spacial score (nSPS) is 15.9. The van der Waals surface area contributed by atoms with Gasteiger partial charge in [0.2, 0.25) is 0 Å². The number of nitrogens with one attached hydrogen (secondary N) is 1. The van der Waals surface area contributed by atoms with Gasteiger partial charge in [0.25, 0.3) is 0 Å². The number of hydrogen-bond acceptors (Lipinski definition) is 5. The lowest BCUT2D eigenvalue weighted by atomic mass is 10.1. The first-order valence-corrected chi connectivity index (χ1v) is 10.9. The van der Waals surface area contributed by atoms with Crippen molar-refractivity contribution >= 4 is 21.6 Å². The number of benzene rings is 2. The summed E-state index contributed by atoms with van der Waals surface area (Å²) in [6.07, 6.45) is 0.698. The standard InChI is InChI=1S/C22H26BrN5O2/c1-16(15-21-24-25-22(29)28(21)18-9-7-17(23)8-10-18)26-11-13-27(14-12-26)19-5-3-4-6-20(19)30-2/h3-10,16H,11-15H2,1-2H3,(H,25,29). The number of aromatic amines is 1. The van der Waals surface area contributed by atoms with Crippen molar-refractivity contribution in [2.45, 2.75) is 19.4 Å². The van der Waals surface area contributed by atoms with Gasteiger partial charge in [-0.15, -0.1) is 0 Å². The first-order valence-electron chi connectivity index (χ1n) is 10.1. The number of halogens is 1. The molecule has 1 aromatic heterocycles. The Morgan fingerprint density at radius 1 is 1.10 bits per heavy atom.